The molecule has 0 radical (unpaired) electrons. The Bertz CT molecular complexity index is 727. The van der Waals surface area contributed by atoms with E-state index < -0.39 is 5.82 Å². The second-order valence-electron chi connectivity index (χ2n) is 4.39. The van der Waals surface area contributed by atoms with Gasteiger partial charge >= 0.3 is 0 Å². The summed E-state index contributed by atoms with van der Waals surface area (Å²) in [7, 11) is 1.54. The van der Waals surface area contributed by atoms with E-state index in [4.69, 9.17) is 16.9 Å². The van der Waals surface area contributed by atoms with Crippen molar-refractivity contribution < 1.29 is 9.18 Å². The molecular weight excluding hydrogens is 293 g/mol. The van der Waals surface area contributed by atoms with Crippen molar-refractivity contribution in [2.24, 2.45) is 0 Å². The molecule has 2 rings (SSSR count). The minimum Gasteiger partial charge on any atom is -0.314 e. The molecule has 0 atom stereocenters. The van der Waals surface area contributed by atoms with Crippen molar-refractivity contribution >= 4 is 23.2 Å². The third-order valence-electron chi connectivity index (χ3n) is 2.99. The van der Waals surface area contributed by atoms with Crippen LogP contribution in [0, 0.1) is 17.1 Å². The maximum atomic E-state index is 13.8. The number of amides is 1. The lowest BCUT2D eigenvalue weighted by Gasteiger charge is -2.17. The number of hydrogen-bond donors (Lipinski definition) is 0. The molecule has 4 nitrogen and oxygen atoms in total. The molecule has 0 aliphatic heterocycles. The lowest BCUT2D eigenvalue weighted by Crippen LogP contribution is -2.28. The number of carbonyl (C=O) groups excluding carboxylic acids is 1. The largest absolute Gasteiger partial charge is 0.314 e. The molecule has 1 amide bonds. The summed E-state index contributed by atoms with van der Waals surface area (Å²) in [5.41, 5.74) is 1.05. The number of likely N-dealkylation sites (N-methyl/N-ethyl adjacent to an activating group) is 1. The van der Waals surface area contributed by atoms with Gasteiger partial charge in [0.05, 0.1) is 28.9 Å². The number of rotatable bonds is 3. The summed E-state index contributed by atoms with van der Waals surface area (Å²) in [5, 5.41) is 8.81. The number of halogens is 2. The Morgan fingerprint density at radius 1 is 1.48 bits per heavy atom. The van der Waals surface area contributed by atoms with Gasteiger partial charge in [-0.15, -0.1) is 0 Å². The van der Waals surface area contributed by atoms with Crippen LogP contribution in [0.5, 0.6) is 0 Å². The molecule has 0 aliphatic rings. The van der Waals surface area contributed by atoms with Crippen molar-refractivity contribution in [3.63, 3.8) is 0 Å². The lowest BCUT2D eigenvalue weighted by atomic mass is 10.1. The highest BCUT2D eigenvalue weighted by Gasteiger charge is 2.16. The Labute approximate surface area is 126 Å². The molecule has 0 unspecified atom stereocenters. The second kappa shape index (κ2) is 6.33. The Balaban J connectivity index is 2.20. The molecule has 1 heterocycles. The second-order valence-corrected chi connectivity index (χ2v) is 4.79. The normalized spacial score (nSPS) is 10.0. The molecule has 106 valence electrons. The summed E-state index contributed by atoms with van der Waals surface area (Å²) in [6.07, 6.45) is 2.74. The maximum Gasteiger partial charge on any atom is 0.231 e. The van der Waals surface area contributed by atoms with Crippen molar-refractivity contribution in [1.82, 2.24) is 4.98 Å². The van der Waals surface area contributed by atoms with Crippen molar-refractivity contribution in [2.75, 3.05) is 11.9 Å². The number of anilines is 1. The molecule has 0 fully saturated rings. The van der Waals surface area contributed by atoms with Crippen LogP contribution in [0.1, 0.15) is 11.1 Å². The van der Waals surface area contributed by atoms with E-state index in [1.54, 1.807) is 19.2 Å². The van der Waals surface area contributed by atoms with Crippen LogP contribution < -0.4 is 4.90 Å². The quantitative estimate of drug-likeness (QED) is 0.876. The average Bonchev–Trinajstić information content (AvgIpc) is 2.51. The molecule has 0 aliphatic carbocycles. The third kappa shape index (κ3) is 3.36. The summed E-state index contributed by atoms with van der Waals surface area (Å²) in [6, 6.07) is 8.02. The minimum absolute atomic E-state index is 0.0175. The van der Waals surface area contributed by atoms with Gasteiger partial charge in [-0.2, -0.15) is 5.26 Å². The van der Waals surface area contributed by atoms with Gasteiger partial charge in [-0.1, -0.05) is 23.7 Å². The fourth-order valence-corrected chi connectivity index (χ4v) is 1.98. The number of aromatic nitrogens is 1. The highest BCUT2D eigenvalue weighted by Crippen LogP contribution is 2.20. The van der Waals surface area contributed by atoms with Crippen LogP contribution >= 0.6 is 11.6 Å². The predicted octanol–water partition coefficient (Wildman–Crippen LogP) is 2.95. The van der Waals surface area contributed by atoms with Crippen molar-refractivity contribution in [1.29, 1.82) is 5.26 Å². The van der Waals surface area contributed by atoms with Crippen LogP contribution in [0.3, 0.4) is 0 Å². The SMILES string of the molecule is CN(C(=O)Cc1cccc(Cl)c1F)c1cncc(C#N)c1. The summed E-state index contributed by atoms with van der Waals surface area (Å²) in [6.45, 7) is 0. The zero-order chi connectivity index (χ0) is 15.4. The zero-order valence-electron chi connectivity index (χ0n) is 11.2. The van der Waals surface area contributed by atoms with E-state index in [2.05, 4.69) is 4.98 Å². The van der Waals surface area contributed by atoms with E-state index in [0.29, 0.717) is 11.3 Å². The highest BCUT2D eigenvalue weighted by molar-refractivity contribution is 6.30. The Kier molecular flexibility index (Phi) is 4.51. The topological polar surface area (TPSA) is 57.0 Å². The Hall–Kier alpha value is -2.45. The van der Waals surface area contributed by atoms with E-state index in [-0.39, 0.29) is 22.9 Å². The van der Waals surface area contributed by atoms with Crippen molar-refractivity contribution in [3.05, 3.63) is 58.6 Å². The molecule has 1 aromatic carbocycles. The predicted molar refractivity (Wildman–Crippen MR) is 77.5 cm³/mol. The number of pyridine rings is 1. The fraction of sp³-hybridized carbons (Fsp3) is 0.133. The molecule has 21 heavy (non-hydrogen) atoms. The van der Waals surface area contributed by atoms with Gasteiger partial charge in [0, 0.05) is 13.2 Å². The van der Waals surface area contributed by atoms with E-state index in [1.165, 1.54) is 29.4 Å². The standard InChI is InChI=1S/C15H11ClFN3O/c1-20(12-5-10(7-18)8-19-9-12)14(21)6-11-3-2-4-13(16)15(11)17/h2-5,8-9H,6H2,1H3. The molecule has 1 aromatic heterocycles. The highest BCUT2D eigenvalue weighted by atomic mass is 35.5. The average molecular weight is 304 g/mol. The zero-order valence-corrected chi connectivity index (χ0v) is 11.9. The van der Waals surface area contributed by atoms with Gasteiger partial charge in [-0.3, -0.25) is 9.78 Å². The fourth-order valence-electron chi connectivity index (χ4n) is 1.78. The van der Waals surface area contributed by atoms with Gasteiger partial charge in [0.1, 0.15) is 11.9 Å². The van der Waals surface area contributed by atoms with Gasteiger partial charge in [0.15, 0.2) is 0 Å². The van der Waals surface area contributed by atoms with Crippen molar-refractivity contribution in [3.8, 4) is 6.07 Å². The van der Waals surface area contributed by atoms with Crippen molar-refractivity contribution in [2.45, 2.75) is 6.42 Å². The summed E-state index contributed by atoms with van der Waals surface area (Å²) in [4.78, 5) is 17.4. The molecule has 0 spiro atoms. The number of hydrogen-bond acceptors (Lipinski definition) is 3. The molecule has 0 bridgehead atoms. The summed E-state index contributed by atoms with van der Waals surface area (Å²) in [5.74, 6) is -0.919. The lowest BCUT2D eigenvalue weighted by molar-refractivity contribution is -0.117. The molecule has 6 heteroatoms. The molecule has 2 aromatic rings. The first kappa shape index (κ1) is 14.9. The van der Waals surface area contributed by atoms with Crippen LogP contribution in [-0.2, 0) is 11.2 Å². The number of nitrogens with zero attached hydrogens (tertiary/aromatic N) is 3. The monoisotopic (exact) mass is 303 g/mol. The van der Waals surface area contributed by atoms with Crippen LogP contribution in [-0.4, -0.2) is 17.9 Å². The number of nitriles is 1. The Morgan fingerprint density at radius 2 is 2.24 bits per heavy atom. The molecule has 0 saturated heterocycles. The van der Waals surface area contributed by atoms with Gasteiger partial charge in [0.25, 0.3) is 0 Å². The molecular formula is C15H11ClFN3O. The van der Waals surface area contributed by atoms with Crippen LogP contribution in [0.4, 0.5) is 10.1 Å². The third-order valence-corrected chi connectivity index (χ3v) is 3.28. The molecule has 0 saturated carbocycles. The summed E-state index contributed by atoms with van der Waals surface area (Å²) >= 11 is 5.69. The van der Waals surface area contributed by atoms with Gasteiger partial charge in [0.2, 0.25) is 5.91 Å². The number of benzene rings is 1. The first-order valence-electron chi connectivity index (χ1n) is 6.07. The molecule has 0 N–H and O–H groups in total. The van der Waals surface area contributed by atoms with Gasteiger partial charge in [-0.25, -0.2) is 4.39 Å². The maximum absolute atomic E-state index is 13.8. The van der Waals surface area contributed by atoms with E-state index in [1.807, 2.05) is 6.07 Å². The van der Waals surface area contributed by atoms with E-state index in [0.717, 1.165) is 0 Å². The van der Waals surface area contributed by atoms with Gasteiger partial charge < -0.3 is 4.90 Å². The van der Waals surface area contributed by atoms with Crippen LogP contribution in [0.25, 0.3) is 0 Å². The first-order chi connectivity index (χ1) is 10.0. The smallest absolute Gasteiger partial charge is 0.231 e. The van der Waals surface area contributed by atoms with E-state index in [9.17, 15) is 9.18 Å². The van der Waals surface area contributed by atoms with E-state index >= 15 is 0 Å². The van der Waals surface area contributed by atoms with Gasteiger partial charge in [-0.05, 0) is 17.7 Å². The first-order valence-corrected chi connectivity index (χ1v) is 6.45. The van der Waals surface area contributed by atoms with Crippen LogP contribution in [0.15, 0.2) is 36.7 Å². The summed E-state index contributed by atoms with van der Waals surface area (Å²) < 4.78 is 13.8. The minimum atomic E-state index is -0.593. The Morgan fingerprint density at radius 3 is 2.95 bits per heavy atom. The number of carbonyl (C=O) groups is 1. The van der Waals surface area contributed by atoms with Crippen LogP contribution in [0.2, 0.25) is 5.02 Å².